The van der Waals surface area contributed by atoms with Crippen molar-refractivity contribution in [2.24, 2.45) is 0 Å². The van der Waals surface area contributed by atoms with E-state index in [0.29, 0.717) is 17.1 Å². The summed E-state index contributed by atoms with van der Waals surface area (Å²) in [5.41, 5.74) is -0.453. The Kier molecular flexibility index (Phi) is 5.76. The van der Waals surface area contributed by atoms with E-state index in [1.54, 1.807) is 12.1 Å². The molecular weight excluding hydrogens is 386 g/mol. The first kappa shape index (κ1) is 19.3. The van der Waals surface area contributed by atoms with Crippen molar-refractivity contribution < 1.29 is 14.4 Å². The molecule has 0 bridgehead atoms. The van der Waals surface area contributed by atoms with Gasteiger partial charge in [-0.1, -0.05) is 67.3 Å². The van der Waals surface area contributed by atoms with Crippen LogP contribution in [0.25, 0.3) is 0 Å². The Bertz CT molecular complexity index is 857. The third-order valence-corrected chi connectivity index (χ3v) is 6.05. The summed E-state index contributed by atoms with van der Waals surface area (Å²) in [6.07, 6.45) is 0.383. The van der Waals surface area contributed by atoms with Crippen LogP contribution in [0.1, 0.15) is 25.8 Å². The molecule has 10 heteroatoms. The molecule has 4 amide bonds. The SMILES string of the molecule is CCSc1nnc(NC(=O)CN2C(=O)NC(CC)(c3ccccc3)C2=O)s1. The van der Waals surface area contributed by atoms with Crippen molar-refractivity contribution in [3.05, 3.63) is 35.9 Å². The number of nitrogens with one attached hydrogen (secondary N) is 2. The van der Waals surface area contributed by atoms with Crippen LogP contribution in [0.3, 0.4) is 0 Å². The highest BCUT2D eigenvalue weighted by molar-refractivity contribution is 8.01. The Morgan fingerprint density at radius 2 is 2.00 bits per heavy atom. The van der Waals surface area contributed by atoms with Crippen LogP contribution in [0, 0.1) is 0 Å². The average Bonchev–Trinajstić information content (AvgIpc) is 3.20. The van der Waals surface area contributed by atoms with Gasteiger partial charge in [0.05, 0.1) is 0 Å². The summed E-state index contributed by atoms with van der Waals surface area (Å²) in [7, 11) is 0. The first-order valence-electron chi connectivity index (χ1n) is 8.46. The third kappa shape index (κ3) is 3.81. The third-order valence-electron chi connectivity index (χ3n) is 4.19. The van der Waals surface area contributed by atoms with Gasteiger partial charge in [-0.3, -0.25) is 19.8 Å². The number of carbonyl (C=O) groups is 3. The van der Waals surface area contributed by atoms with Crippen molar-refractivity contribution in [1.29, 1.82) is 0 Å². The number of carbonyl (C=O) groups excluding carboxylic acids is 3. The molecule has 0 saturated carbocycles. The summed E-state index contributed by atoms with van der Waals surface area (Å²) in [5, 5.41) is 13.5. The summed E-state index contributed by atoms with van der Waals surface area (Å²) in [4.78, 5) is 38.6. The number of imide groups is 1. The lowest BCUT2D eigenvalue weighted by Gasteiger charge is -2.25. The fraction of sp³-hybridized carbons (Fsp3) is 0.353. The largest absolute Gasteiger partial charge is 0.325 e. The molecule has 1 aliphatic heterocycles. The van der Waals surface area contributed by atoms with E-state index in [4.69, 9.17) is 0 Å². The second kappa shape index (κ2) is 8.05. The van der Waals surface area contributed by atoms with E-state index >= 15 is 0 Å². The van der Waals surface area contributed by atoms with Crippen LogP contribution in [0.4, 0.5) is 9.93 Å². The zero-order valence-electron chi connectivity index (χ0n) is 14.9. The van der Waals surface area contributed by atoms with Gasteiger partial charge in [0.25, 0.3) is 5.91 Å². The summed E-state index contributed by atoms with van der Waals surface area (Å²) in [6.45, 7) is 3.44. The van der Waals surface area contributed by atoms with Crippen LogP contribution in [-0.4, -0.2) is 45.2 Å². The normalized spacial score (nSPS) is 19.3. The molecule has 2 heterocycles. The molecule has 0 radical (unpaired) electrons. The lowest BCUT2D eigenvalue weighted by Crippen LogP contribution is -2.44. The summed E-state index contributed by atoms with van der Waals surface area (Å²) in [5.74, 6) is -0.0811. The van der Waals surface area contributed by atoms with Gasteiger partial charge in [-0.25, -0.2) is 4.79 Å². The Balaban J connectivity index is 1.72. The zero-order chi connectivity index (χ0) is 19.4. The standard InChI is InChI=1S/C17H19N5O3S2/c1-3-17(11-8-6-5-7-9-11)13(24)22(15(25)19-17)10-12(23)18-14-20-21-16(27-14)26-4-2/h5-9H,3-4,10H2,1-2H3,(H,19,25)(H,18,20,23). The summed E-state index contributed by atoms with van der Waals surface area (Å²) < 4.78 is 0.747. The van der Waals surface area contributed by atoms with E-state index in [0.717, 1.165) is 15.0 Å². The van der Waals surface area contributed by atoms with Gasteiger partial charge in [0.1, 0.15) is 12.1 Å². The second-order valence-electron chi connectivity index (χ2n) is 5.80. The molecule has 1 atom stereocenters. The molecule has 0 spiro atoms. The quantitative estimate of drug-likeness (QED) is 0.417. The number of hydrogen-bond donors (Lipinski definition) is 2. The molecule has 1 aromatic heterocycles. The monoisotopic (exact) mass is 405 g/mol. The number of anilines is 1. The second-order valence-corrected chi connectivity index (χ2v) is 8.29. The van der Waals surface area contributed by atoms with Gasteiger partial charge >= 0.3 is 6.03 Å². The molecule has 2 aromatic rings. The summed E-state index contributed by atoms with van der Waals surface area (Å²) >= 11 is 2.77. The molecule has 1 aromatic carbocycles. The molecule has 1 saturated heterocycles. The Morgan fingerprint density at radius 1 is 1.26 bits per heavy atom. The smallest absolute Gasteiger partial charge is 0.319 e. The maximum Gasteiger partial charge on any atom is 0.325 e. The fourth-order valence-electron chi connectivity index (χ4n) is 2.88. The van der Waals surface area contributed by atoms with Crippen molar-refractivity contribution >= 4 is 46.1 Å². The van der Waals surface area contributed by atoms with E-state index in [1.165, 1.54) is 23.1 Å². The Hall–Kier alpha value is -2.46. The minimum absolute atomic E-state index is 0.341. The molecule has 1 unspecified atom stereocenters. The highest BCUT2D eigenvalue weighted by Gasteiger charge is 2.51. The maximum atomic E-state index is 13.0. The number of nitrogens with zero attached hydrogens (tertiary/aromatic N) is 3. The number of urea groups is 1. The molecule has 1 fully saturated rings. The Labute approximate surface area is 164 Å². The molecule has 27 heavy (non-hydrogen) atoms. The fourth-order valence-corrected chi connectivity index (χ4v) is 4.54. The van der Waals surface area contributed by atoms with Crippen LogP contribution in [-0.2, 0) is 15.1 Å². The van der Waals surface area contributed by atoms with Crippen molar-refractivity contribution in [2.45, 2.75) is 30.1 Å². The van der Waals surface area contributed by atoms with Crippen molar-refractivity contribution in [2.75, 3.05) is 17.6 Å². The highest BCUT2D eigenvalue weighted by Crippen LogP contribution is 2.32. The summed E-state index contributed by atoms with van der Waals surface area (Å²) in [6, 6.07) is 8.46. The van der Waals surface area contributed by atoms with Gasteiger partial charge in [0.15, 0.2) is 4.34 Å². The minimum Gasteiger partial charge on any atom is -0.319 e. The molecule has 1 aliphatic rings. The van der Waals surface area contributed by atoms with Crippen LogP contribution < -0.4 is 10.6 Å². The first-order chi connectivity index (χ1) is 13.0. The highest BCUT2D eigenvalue weighted by atomic mass is 32.2. The first-order valence-corrected chi connectivity index (χ1v) is 10.3. The predicted octanol–water partition coefficient (Wildman–Crippen LogP) is 2.45. The van der Waals surface area contributed by atoms with Crippen molar-refractivity contribution in [1.82, 2.24) is 20.4 Å². The maximum absolute atomic E-state index is 13.0. The number of thioether (sulfide) groups is 1. The topological polar surface area (TPSA) is 104 Å². The number of rotatable bonds is 7. The lowest BCUT2D eigenvalue weighted by molar-refractivity contribution is -0.134. The van der Waals surface area contributed by atoms with Gasteiger partial charge in [-0.15, -0.1) is 10.2 Å². The van der Waals surface area contributed by atoms with Gasteiger partial charge < -0.3 is 5.32 Å². The van der Waals surface area contributed by atoms with E-state index in [1.807, 2.05) is 32.0 Å². The minimum atomic E-state index is -1.15. The molecule has 8 nitrogen and oxygen atoms in total. The lowest BCUT2D eigenvalue weighted by atomic mass is 9.87. The van der Waals surface area contributed by atoms with Crippen LogP contribution in [0.5, 0.6) is 0 Å². The molecule has 3 rings (SSSR count). The number of hydrogen-bond acceptors (Lipinski definition) is 7. The molecule has 142 valence electrons. The van der Waals surface area contributed by atoms with Gasteiger partial charge in [0, 0.05) is 0 Å². The van der Waals surface area contributed by atoms with E-state index in [2.05, 4.69) is 20.8 Å². The Morgan fingerprint density at radius 3 is 2.67 bits per heavy atom. The predicted molar refractivity (Wildman–Crippen MR) is 104 cm³/mol. The molecule has 0 aliphatic carbocycles. The number of amides is 4. The van der Waals surface area contributed by atoms with Crippen molar-refractivity contribution in [3.8, 4) is 0 Å². The van der Waals surface area contributed by atoms with Crippen LogP contribution in [0.15, 0.2) is 34.7 Å². The average molecular weight is 406 g/mol. The molecule has 2 N–H and O–H groups in total. The van der Waals surface area contributed by atoms with E-state index in [-0.39, 0.29) is 6.54 Å². The van der Waals surface area contributed by atoms with Gasteiger partial charge in [-0.05, 0) is 17.7 Å². The van der Waals surface area contributed by atoms with Crippen LogP contribution >= 0.6 is 23.1 Å². The molecular formula is C17H19N5O3S2. The van der Waals surface area contributed by atoms with Gasteiger partial charge in [0.2, 0.25) is 11.0 Å². The number of aromatic nitrogens is 2. The zero-order valence-corrected chi connectivity index (χ0v) is 16.5. The van der Waals surface area contributed by atoms with E-state index in [9.17, 15) is 14.4 Å². The van der Waals surface area contributed by atoms with Gasteiger partial charge in [-0.2, -0.15) is 0 Å². The van der Waals surface area contributed by atoms with E-state index < -0.39 is 23.4 Å². The number of benzene rings is 1. The van der Waals surface area contributed by atoms with Crippen molar-refractivity contribution in [3.63, 3.8) is 0 Å². The van der Waals surface area contributed by atoms with Crippen LogP contribution in [0.2, 0.25) is 0 Å².